The Bertz CT molecular complexity index is 726. The van der Waals surface area contributed by atoms with Crippen molar-refractivity contribution in [1.29, 1.82) is 0 Å². The van der Waals surface area contributed by atoms with Gasteiger partial charge in [-0.05, 0) is 30.0 Å². The molecule has 0 radical (unpaired) electrons. The molecule has 3 aromatic rings. The molecule has 0 spiro atoms. The van der Waals surface area contributed by atoms with Crippen LogP contribution in [0.2, 0.25) is 0 Å². The summed E-state index contributed by atoms with van der Waals surface area (Å²) in [6.45, 7) is 4.22. The highest BCUT2D eigenvalue weighted by atomic mass is 32.2. The Labute approximate surface area is 122 Å². The van der Waals surface area contributed by atoms with Gasteiger partial charge in [-0.25, -0.2) is 15.0 Å². The van der Waals surface area contributed by atoms with Crippen molar-refractivity contribution in [1.82, 2.24) is 15.0 Å². The number of hydrogen-bond donors (Lipinski definition) is 0. The monoisotopic (exact) mass is 281 g/mol. The van der Waals surface area contributed by atoms with E-state index in [9.17, 15) is 0 Å². The SMILES string of the molecule is CC(C)c1nc(Sc2ccccn2)c2ccccc2n1. The van der Waals surface area contributed by atoms with E-state index in [4.69, 9.17) is 4.98 Å². The van der Waals surface area contributed by atoms with E-state index >= 15 is 0 Å². The lowest BCUT2D eigenvalue weighted by molar-refractivity contribution is 0.765. The highest BCUT2D eigenvalue weighted by molar-refractivity contribution is 7.99. The summed E-state index contributed by atoms with van der Waals surface area (Å²) in [6.07, 6.45) is 1.80. The Hall–Kier alpha value is -1.94. The minimum atomic E-state index is 0.308. The van der Waals surface area contributed by atoms with Gasteiger partial charge in [-0.15, -0.1) is 0 Å². The molecule has 0 amide bonds. The molecule has 3 nitrogen and oxygen atoms in total. The van der Waals surface area contributed by atoms with Gasteiger partial charge in [-0.3, -0.25) is 0 Å². The zero-order chi connectivity index (χ0) is 13.9. The zero-order valence-electron chi connectivity index (χ0n) is 11.4. The zero-order valence-corrected chi connectivity index (χ0v) is 12.3. The van der Waals surface area contributed by atoms with E-state index in [1.807, 2.05) is 36.4 Å². The van der Waals surface area contributed by atoms with E-state index in [0.717, 1.165) is 26.8 Å². The average Bonchev–Trinajstić information content (AvgIpc) is 2.48. The third-order valence-electron chi connectivity index (χ3n) is 2.94. The molecule has 20 heavy (non-hydrogen) atoms. The molecule has 0 aliphatic rings. The van der Waals surface area contributed by atoms with E-state index in [1.165, 1.54) is 0 Å². The van der Waals surface area contributed by atoms with E-state index in [-0.39, 0.29) is 0 Å². The van der Waals surface area contributed by atoms with Crippen LogP contribution in [-0.4, -0.2) is 15.0 Å². The molecule has 3 rings (SSSR count). The average molecular weight is 281 g/mol. The van der Waals surface area contributed by atoms with Gasteiger partial charge in [0.05, 0.1) is 5.52 Å². The number of rotatable bonds is 3. The Balaban J connectivity index is 2.12. The fourth-order valence-electron chi connectivity index (χ4n) is 1.91. The van der Waals surface area contributed by atoms with Crippen LogP contribution in [0.15, 0.2) is 58.7 Å². The van der Waals surface area contributed by atoms with Gasteiger partial charge < -0.3 is 0 Å². The molecule has 0 unspecified atom stereocenters. The Morgan fingerprint density at radius 2 is 1.75 bits per heavy atom. The van der Waals surface area contributed by atoms with Crippen LogP contribution in [0.3, 0.4) is 0 Å². The van der Waals surface area contributed by atoms with Crippen molar-refractivity contribution in [2.75, 3.05) is 0 Å². The third kappa shape index (κ3) is 2.65. The van der Waals surface area contributed by atoms with E-state index in [2.05, 4.69) is 29.9 Å². The highest BCUT2D eigenvalue weighted by Gasteiger charge is 2.11. The van der Waals surface area contributed by atoms with Crippen molar-refractivity contribution in [3.05, 3.63) is 54.5 Å². The first-order chi connectivity index (χ1) is 9.74. The maximum Gasteiger partial charge on any atom is 0.132 e. The van der Waals surface area contributed by atoms with Gasteiger partial charge in [0.25, 0.3) is 0 Å². The van der Waals surface area contributed by atoms with E-state index in [0.29, 0.717) is 5.92 Å². The molecular weight excluding hydrogens is 266 g/mol. The molecular formula is C16H15N3S. The third-order valence-corrected chi connectivity index (χ3v) is 3.90. The lowest BCUT2D eigenvalue weighted by atomic mass is 10.2. The van der Waals surface area contributed by atoms with Crippen LogP contribution >= 0.6 is 11.8 Å². The van der Waals surface area contributed by atoms with Gasteiger partial charge in [0.15, 0.2) is 0 Å². The smallest absolute Gasteiger partial charge is 0.132 e. The van der Waals surface area contributed by atoms with Gasteiger partial charge in [0, 0.05) is 17.5 Å². The molecule has 1 aromatic carbocycles. The summed E-state index contributed by atoms with van der Waals surface area (Å²) in [5, 5.41) is 3.00. The van der Waals surface area contributed by atoms with Crippen molar-refractivity contribution < 1.29 is 0 Å². The molecule has 100 valence electrons. The molecule has 2 heterocycles. The molecule has 4 heteroatoms. The van der Waals surface area contributed by atoms with Gasteiger partial charge in [0.1, 0.15) is 15.9 Å². The first-order valence-corrected chi connectivity index (χ1v) is 7.41. The lowest BCUT2D eigenvalue weighted by Gasteiger charge is -2.09. The first kappa shape index (κ1) is 13.1. The number of fused-ring (bicyclic) bond motifs is 1. The molecule has 0 fully saturated rings. The number of aromatic nitrogens is 3. The van der Waals surface area contributed by atoms with Gasteiger partial charge >= 0.3 is 0 Å². The number of para-hydroxylation sites is 1. The van der Waals surface area contributed by atoms with Crippen molar-refractivity contribution in [2.24, 2.45) is 0 Å². The molecule has 0 saturated carbocycles. The van der Waals surface area contributed by atoms with Crippen molar-refractivity contribution in [3.8, 4) is 0 Å². The Kier molecular flexibility index (Phi) is 3.65. The van der Waals surface area contributed by atoms with Crippen LogP contribution in [0.5, 0.6) is 0 Å². The number of pyridine rings is 1. The van der Waals surface area contributed by atoms with Crippen LogP contribution in [-0.2, 0) is 0 Å². The van der Waals surface area contributed by atoms with Crippen LogP contribution in [0, 0.1) is 0 Å². The predicted molar refractivity (Wildman–Crippen MR) is 82.0 cm³/mol. The topological polar surface area (TPSA) is 38.7 Å². The van der Waals surface area contributed by atoms with Crippen LogP contribution in [0.1, 0.15) is 25.6 Å². The Morgan fingerprint density at radius 1 is 0.950 bits per heavy atom. The normalized spacial score (nSPS) is 11.2. The maximum atomic E-state index is 4.71. The summed E-state index contributed by atoms with van der Waals surface area (Å²) in [5.74, 6) is 1.19. The summed E-state index contributed by atoms with van der Waals surface area (Å²) in [5.41, 5.74) is 0.990. The molecule has 0 saturated heterocycles. The second-order valence-corrected chi connectivity index (χ2v) is 5.84. The minimum Gasteiger partial charge on any atom is -0.250 e. The summed E-state index contributed by atoms with van der Waals surface area (Å²) < 4.78 is 0. The second kappa shape index (κ2) is 5.59. The number of hydrogen-bond acceptors (Lipinski definition) is 4. The quantitative estimate of drug-likeness (QED) is 0.671. The minimum absolute atomic E-state index is 0.308. The molecule has 2 aromatic heterocycles. The van der Waals surface area contributed by atoms with Crippen LogP contribution < -0.4 is 0 Å². The second-order valence-electron chi connectivity index (χ2n) is 4.83. The van der Waals surface area contributed by atoms with E-state index < -0.39 is 0 Å². The molecule has 0 bridgehead atoms. The Morgan fingerprint density at radius 3 is 2.50 bits per heavy atom. The summed E-state index contributed by atoms with van der Waals surface area (Å²) in [4.78, 5) is 13.7. The van der Waals surface area contributed by atoms with Crippen molar-refractivity contribution in [3.63, 3.8) is 0 Å². The fourth-order valence-corrected chi connectivity index (χ4v) is 2.79. The predicted octanol–water partition coefficient (Wildman–Crippen LogP) is 4.30. The molecule has 0 aliphatic carbocycles. The molecule has 0 atom stereocenters. The van der Waals surface area contributed by atoms with Crippen molar-refractivity contribution in [2.45, 2.75) is 29.8 Å². The number of nitrogens with zero attached hydrogens (tertiary/aromatic N) is 3. The van der Waals surface area contributed by atoms with Gasteiger partial charge in [-0.1, -0.05) is 38.1 Å². The molecule has 0 aliphatic heterocycles. The van der Waals surface area contributed by atoms with Gasteiger partial charge in [0.2, 0.25) is 0 Å². The van der Waals surface area contributed by atoms with Gasteiger partial charge in [-0.2, -0.15) is 0 Å². The maximum absolute atomic E-state index is 4.71. The highest BCUT2D eigenvalue weighted by Crippen LogP contribution is 2.31. The summed E-state index contributed by atoms with van der Waals surface area (Å²) in [6, 6.07) is 14.0. The van der Waals surface area contributed by atoms with E-state index in [1.54, 1.807) is 18.0 Å². The summed E-state index contributed by atoms with van der Waals surface area (Å²) >= 11 is 1.59. The largest absolute Gasteiger partial charge is 0.250 e. The molecule has 0 N–H and O–H groups in total. The number of benzene rings is 1. The standard InChI is InChI=1S/C16H15N3S/c1-11(2)15-18-13-8-4-3-7-12(13)16(19-15)20-14-9-5-6-10-17-14/h3-11H,1-2H3. The van der Waals surface area contributed by atoms with Crippen LogP contribution in [0.4, 0.5) is 0 Å². The van der Waals surface area contributed by atoms with Crippen molar-refractivity contribution >= 4 is 22.7 Å². The first-order valence-electron chi connectivity index (χ1n) is 6.59. The lowest BCUT2D eigenvalue weighted by Crippen LogP contribution is -1.99. The van der Waals surface area contributed by atoms with Crippen LogP contribution in [0.25, 0.3) is 10.9 Å². The summed E-state index contributed by atoms with van der Waals surface area (Å²) in [7, 11) is 0. The fraction of sp³-hybridized carbons (Fsp3) is 0.188.